The highest BCUT2D eigenvalue weighted by Gasteiger charge is 2.30. The fraction of sp³-hybridized carbons (Fsp3) is 0.333. The maximum atomic E-state index is 15.7. The number of carbonyl (C=O) groups is 1. The molecule has 2 N–H and O–H groups in total. The molecule has 2 heterocycles. The van der Waals surface area contributed by atoms with Crippen molar-refractivity contribution < 1.29 is 19.0 Å². The third kappa shape index (κ3) is 5.98. The van der Waals surface area contributed by atoms with Crippen molar-refractivity contribution in [1.29, 1.82) is 0 Å². The van der Waals surface area contributed by atoms with Gasteiger partial charge in [-0.25, -0.2) is 9.18 Å². The Labute approximate surface area is 239 Å². The molecule has 0 saturated carbocycles. The van der Waals surface area contributed by atoms with Crippen LogP contribution < -0.4 is 20.4 Å². The van der Waals surface area contributed by atoms with Crippen LogP contribution in [-0.4, -0.2) is 49.4 Å². The zero-order chi connectivity index (χ0) is 28.9. The van der Waals surface area contributed by atoms with Crippen LogP contribution >= 0.6 is 0 Å². The molecule has 0 unspecified atom stereocenters. The van der Waals surface area contributed by atoms with E-state index in [2.05, 4.69) is 5.32 Å². The lowest BCUT2D eigenvalue weighted by molar-refractivity contribution is 0.0694. The summed E-state index contributed by atoms with van der Waals surface area (Å²) < 4.78 is 23.3. The van der Waals surface area contributed by atoms with Gasteiger partial charge in [0.2, 0.25) is 5.43 Å². The summed E-state index contributed by atoms with van der Waals surface area (Å²) in [6, 6.07) is 19.2. The quantitative estimate of drug-likeness (QED) is 0.228. The van der Waals surface area contributed by atoms with Crippen molar-refractivity contribution in [2.24, 2.45) is 5.92 Å². The molecule has 1 aliphatic heterocycles. The van der Waals surface area contributed by atoms with Crippen LogP contribution in [0.5, 0.6) is 5.75 Å². The smallest absolute Gasteiger partial charge is 0.341 e. The number of hydrogen-bond acceptors (Lipinski definition) is 5. The Morgan fingerprint density at radius 2 is 1.83 bits per heavy atom. The van der Waals surface area contributed by atoms with Crippen molar-refractivity contribution in [1.82, 2.24) is 9.88 Å². The molecule has 4 aromatic rings. The van der Waals surface area contributed by atoms with Crippen LogP contribution in [0.15, 0.2) is 71.7 Å². The van der Waals surface area contributed by atoms with E-state index in [4.69, 9.17) is 4.74 Å². The monoisotopic (exact) mass is 557 g/mol. The standard InChI is InChI=1S/C33H36FN3O4/c1-35-16-7-6-8-22-15-17-36(19-22)30-28(34)18-26-29(32(30)41-2)37(21-27(31(26)38)33(39)40)20-23-11-13-25(14-12-23)24-9-4-3-5-10-24/h3-5,9-14,18,21-22,35H,6-8,15-17,19-20H2,1-2H3,(H,39,40)/t22-/m1/s1. The number of aromatic carboxylic acids is 1. The highest BCUT2D eigenvalue weighted by atomic mass is 19.1. The second-order valence-electron chi connectivity index (χ2n) is 10.7. The van der Waals surface area contributed by atoms with Gasteiger partial charge in [-0.15, -0.1) is 0 Å². The number of unbranched alkanes of at least 4 members (excludes halogenated alkanes) is 1. The summed E-state index contributed by atoms with van der Waals surface area (Å²) in [5, 5.41) is 13.0. The molecule has 0 bridgehead atoms. The van der Waals surface area contributed by atoms with Crippen molar-refractivity contribution >= 4 is 22.6 Å². The van der Waals surface area contributed by atoms with Gasteiger partial charge >= 0.3 is 5.97 Å². The normalized spacial score (nSPS) is 15.0. The van der Waals surface area contributed by atoms with E-state index in [1.165, 1.54) is 19.4 Å². The van der Waals surface area contributed by atoms with Gasteiger partial charge in [-0.05, 0) is 61.5 Å². The zero-order valence-corrected chi connectivity index (χ0v) is 23.5. The molecule has 41 heavy (non-hydrogen) atoms. The van der Waals surface area contributed by atoms with E-state index in [0.29, 0.717) is 30.2 Å². The number of rotatable bonds is 11. The van der Waals surface area contributed by atoms with Crippen LogP contribution in [0.25, 0.3) is 22.0 Å². The van der Waals surface area contributed by atoms with Crippen LogP contribution in [0.4, 0.5) is 10.1 Å². The first-order valence-corrected chi connectivity index (χ1v) is 14.1. The molecule has 7 nitrogen and oxygen atoms in total. The number of nitrogens with zero attached hydrogens (tertiary/aromatic N) is 2. The Morgan fingerprint density at radius 3 is 2.51 bits per heavy atom. The second-order valence-corrected chi connectivity index (χ2v) is 10.7. The molecule has 0 amide bonds. The van der Waals surface area contributed by atoms with Gasteiger partial charge in [0, 0.05) is 25.8 Å². The molecule has 1 aliphatic rings. The summed E-state index contributed by atoms with van der Waals surface area (Å²) in [5.41, 5.74) is 2.64. The summed E-state index contributed by atoms with van der Waals surface area (Å²) in [6.45, 7) is 2.65. The first-order valence-electron chi connectivity index (χ1n) is 14.1. The molecular weight excluding hydrogens is 521 g/mol. The number of ether oxygens (including phenoxy) is 1. The molecular formula is C33H36FN3O4. The lowest BCUT2D eigenvalue weighted by Gasteiger charge is -2.25. The lowest BCUT2D eigenvalue weighted by Crippen LogP contribution is -2.24. The molecule has 1 fully saturated rings. The minimum absolute atomic E-state index is 0.00767. The number of carboxylic acid groups (broad SMARTS) is 1. The fourth-order valence-electron chi connectivity index (χ4n) is 5.89. The van der Waals surface area contributed by atoms with Gasteiger partial charge in [0.05, 0.1) is 18.0 Å². The number of methoxy groups -OCH3 is 1. The number of pyridine rings is 1. The van der Waals surface area contributed by atoms with E-state index in [9.17, 15) is 14.7 Å². The zero-order valence-electron chi connectivity index (χ0n) is 23.5. The van der Waals surface area contributed by atoms with Gasteiger partial charge in [-0.3, -0.25) is 4.79 Å². The average molecular weight is 558 g/mol. The average Bonchev–Trinajstić information content (AvgIpc) is 3.45. The predicted octanol–water partition coefficient (Wildman–Crippen LogP) is 5.78. The van der Waals surface area contributed by atoms with Gasteiger partial charge in [0.25, 0.3) is 0 Å². The molecule has 0 spiro atoms. The van der Waals surface area contributed by atoms with Gasteiger partial charge in [-0.2, -0.15) is 0 Å². The first-order chi connectivity index (χ1) is 19.9. The third-order valence-corrected chi connectivity index (χ3v) is 7.98. The SMILES string of the molecule is CNCCCC[C@@H]1CCN(c2c(F)cc3c(=O)c(C(=O)O)cn(Cc4ccc(-c5ccccc5)cc4)c3c2OC)C1. The Balaban J connectivity index is 1.54. The number of benzene rings is 3. The van der Waals surface area contributed by atoms with Gasteiger partial charge in [0.15, 0.2) is 11.6 Å². The maximum absolute atomic E-state index is 15.7. The maximum Gasteiger partial charge on any atom is 0.341 e. The third-order valence-electron chi connectivity index (χ3n) is 7.98. The Hall–Kier alpha value is -4.17. The van der Waals surface area contributed by atoms with Crippen molar-refractivity contribution in [2.75, 3.05) is 38.7 Å². The largest absolute Gasteiger partial charge is 0.492 e. The number of anilines is 1. The van der Waals surface area contributed by atoms with E-state index >= 15 is 4.39 Å². The summed E-state index contributed by atoms with van der Waals surface area (Å²) in [4.78, 5) is 27.2. The second kappa shape index (κ2) is 12.6. The summed E-state index contributed by atoms with van der Waals surface area (Å²) >= 11 is 0. The molecule has 214 valence electrons. The number of fused-ring (bicyclic) bond motifs is 1. The van der Waals surface area contributed by atoms with E-state index in [1.54, 1.807) is 4.57 Å². The van der Waals surface area contributed by atoms with Gasteiger partial charge in [-0.1, -0.05) is 61.0 Å². The number of aromatic nitrogens is 1. The number of halogens is 1. The summed E-state index contributed by atoms with van der Waals surface area (Å²) in [6.07, 6.45) is 5.58. The lowest BCUT2D eigenvalue weighted by atomic mass is 10.0. The Kier molecular flexibility index (Phi) is 8.69. The topological polar surface area (TPSA) is 83.8 Å². The minimum Gasteiger partial charge on any atom is -0.492 e. The first kappa shape index (κ1) is 28.4. The summed E-state index contributed by atoms with van der Waals surface area (Å²) in [7, 11) is 3.42. The molecule has 1 saturated heterocycles. The molecule has 1 aromatic heterocycles. The van der Waals surface area contributed by atoms with Gasteiger partial charge < -0.3 is 24.6 Å². The Morgan fingerprint density at radius 1 is 1.10 bits per heavy atom. The number of hydrogen-bond donors (Lipinski definition) is 2. The van der Waals surface area contributed by atoms with Crippen LogP contribution in [0.1, 0.15) is 41.6 Å². The molecule has 5 rings (SSSR count). The molecule has 3 aromatic carbocycles. The fourth-order valence-corrected chi connectivity index (χ4v) is 5.89. The molecule has 0 aliphatic carbocycles. The highest BCUT2D eigenvalue weighted by Crippen LogP contribution is 2.41. The van der Waals surface area contributed by atoms with Crippen molar-refractivity contribution in [3.63, 3.8) is 0 Å². The summed E-state index contributed by atoms with van der Waals surface area (Å²) in [5.74, 6) is -1.23. The Bertz CT molecular complexity index is 1580. The van der Waals surface area contributed by atoms with Crippen LogP contribution in [-0.2, 0) is 6.54 Å². The number of carboxylic acids is 1. The van der Waals surface area contributed by atoms with E-state index in [-0.39, 0.29) is 17.7 Å². The van der Waals surface area contributed by atoms with Crippen molar-refractivity contribution in [3.8, 4) is 16.9 Å². The highest BCUT2D eigenvalue weighted by molar-refractivity contribution is 5.97. The van der Waals surface area contributed by atoms with Crippen molar-refractivity contribution in [2.45, 2.75) is 32.2 Å². The van der Waals surface area contributed by atoms with Crippen LogP contribution in [0, 0.1) is 11.7 Å². The minimum atomic E-state index is -1.35. The van der Waals surface area contributed by atoms with Crippen LogP contribution in [0.3, 0.4) is 0 Å². The van der Waals surface area contributed by atoms with E-state index in [1.807, 2.05) is 66.5 Å². The number of nitrogens with one attached hydrogen (secondary N) is 1. The van der Waals surface area contributed by atoms with Gasteiger partial charge in [0.1, 0.15) is 11.3 Å². The van der Waals surface area contributed by atoms with Crippen molar-refractivity contribution in [3.05, 3.63) is 94.0 Å². The predicted molar refractivity (Wildman–Crippen MR) is 161 cm³/mol. The molecule has 8 heteroatoms. The molecule has 1 atom stereocenters. The van der Waals surface area contributed by atoms with E-state index < -0.39 is 22.8 Å². The molecule has 0 radical (unpaired) electrons. The van der Waals surface area contributed by atoms with E-state index in [0.717, 1.165) is 48.9 Å². The van der Waals surface area contributed by atoms with Crippen LogP contribution in [0.2, 0.25) is 0 Å².